The van der Waals surface area contributed by atoms with Crippen molar-refractivity contribution in [2.75, 3.05) is 13.2 Å². The van der Waals surface area contributed by atoms with Crippen LogP contribution < -0.4 is 5.73 Å². The van der Waals surface area contributed by atoms with Crippen LogP contribution in [0.2, 0.25) is 0 Å². The number of rotatable bonds is 7. The van der Waals surface area contributed by atoms with Crippen molar-refractivity contribution in [2.24, 2.45) is 5.73 Å². The average Bonchev–Trinajstić information content (AvgIpc) is 2.75. The van der Waals surface area contributed by atoms with Gasteiger partial charge in [0.1, 0.15) is 5.78 Å². The van der Waals surface area contributed by atoms with Crippen molar-refractivity contribution in [3.63, 3.8) is 0 Å². The molecule has 0 spiro atoms. The largest absolute Gasteiger partial charge is 0.394 e. The van der Waals surface area contributed by atoms with Gasteiger partial charge in [-0.2, -0.15) is 0 Å². The van der Waals surface area contributed by atoms with Gasteiger partial charge >= 0.3 is 0 Å². The molecule has 1 amide bonds. The second kappa shape index (κ2) is 7.57. The molecule has 0 aromatic rings. The summed E-state index contributed by atoms with van der Waals surface area (Å²) >= 11 is 0. The maximum atomic E-state index is 11.9. The number of aliphatic hydroxyl groups is 2. The number of hydrogen-bond donors (Lipinski definition) is 3. The minimum Gasteiger partial charge on any atom is -0.394 e. The van der Waals surface area contributed by atoms with Crippen LogP contribution in [0, 0.1) is 0 Å². The number of nitrogens with two attached hydrogens (primary N) is 1. The van der Waals surface area contributed by atoms with Gasteiger partial charge < -0.3 is 20.8 Å². The van der Waals surface area contributed by atoms with Crippen molar-refractivity contribution < 1.29 is 19.8 Å². The number of aliphatic hydroxyl groups excluding tert-OH is 2. The highest BCUT2D eigenvalue weighted by atomic mass is 16.3. The van der Waals surface area contributed by atoms with E-state index in [1.807, 2.05) is 0 Å². The lowest BCUT2D eigenvalue weighted by molar-refractivity contribution is -0.133. The van der Waals surface area contributed by atoms with E-state index in [0.29, 0.717) is 32.2 Å². The van der Waals surface area contributed by atoms with Crippen molar-refractivity contribution in [1.29, 1.82) is 0 Å². The highest BCUT2D eigenvalue weighted by Crippen LogP contribution is 2.19. The molecule has 1 aliphatic heterocycles. The molecule has 0 bridgehead atoms. The molecule has 6 heteroatoms. The van der Waals surface area contributed by atoms with Crippen LogP contribution in [-0.4, -0.2) is 58.1 Å². The fourth-order valence-electron chi connectivity index (χ4n) is 2.36. The minimum absolute atomic E-state index is 0.0330. The second-order valence-electron chi connectivity index (χ2n) is 5.23. The van der Waals surface area contributed by atoms with Crippen LogP contribution in [0.5, 0.6) is 0 Å². The number of ketones is 1. The molecule has 0 aromatic heterocycles. The van der Waals surface area contributed by atoms with Gasteiger partial charge in [-0.05, 0) is 26.2 Å². The Morgan fingerprint density at radius 1 is 1.42 bits per heavy atom. The Labute approximate surface area is 113 Å². The molecule has 1 fully saturated rings. The Morgan fingerprint density at radius 2 is 2.11 bits per heavy atom. The van der Waals surface area contributed by atoms with E-state index < -0.39 is 12.1 Å². The summed E-state index contributed by atoms with van der Waals surface area (Å²) in [5, 5.41) is 18.6. The molecular weight excluding hydrogens is 248 g/mol. The molecule has 2 unspecified atom stereocenters. The highest BCUT2D eigenvalue weighted by molar-refractivity contribution is 5.81. The maximum Gasteiger partial charge on any atom is 0.222 e. The first-order valence-electron chi connectivity index (χ1n) is 6.80. The summed E-state index contributed by atoms with van der Waals surface area (Å²) in [5.41, 5.74) is 5.61. The van der Waals surface area contributed by atoms with E-state index in [2.05, 4.69) is 0 Å². The van der Waals surface area contributed by atoms with Crippen molar-refractivity contribution in [3.8, 4) is 0 Å². The number of carbonyl (C=O) groups excluding carboxylic acids is 2. The third kappa shape index (κ3) is 4.89. The summed E-state index contributed by atoms with van der Waals surface area (Å²) in [7, 11) is 0. The van der Waals surface area contributed by atoms with Crippen LogP contribution >= 0.6 is 0 Å². The van der Waals surface area contributed by atoms with E-state index in [-0.39, 0.29) is 24.3 Å². The minimum atomic E-state index is -0.535. The van der Waals surface area contributed by atoms with E-state index in [0.717, 1.165) is 6.42 Å². The molecule has 0 aromatic carbocycles. The molecular formula is C13H24N2O4. The number of β-amino-alcohol motifs (C(OH)–C–C–N with tert-alkyl or cyclic N) is 1. The van der Waals surface area contributed by atoms with Gasteiger partial charge in [-0.1, -0.05) is 6.42 Å². The Morgan fingerprint density at radius 3 is 2.68 bits per heavy atom. The van der Waals surface area contributed by atoms with Crippen LogP contribution in [0.25, 0.3) is 0 Å². The summed E-state index contributed by atoms with van der Waals surface area (Å²) in [5.74, 6) is -0.0821. The van der Waals surface area contributed by atoms with Crippen LogP contribution in [0.15, 0.2) is 0 Å². The predicted octanol–water partition coefficient (Wildman–Crippen LogP) is -0.583. The number of Topliss-reactive ketones (excluding diaryl/α,β-unsaturated/α-hetero) is 1. The van der Waals surface area contributed by atoms with Gasteiger partial charge in [-0.15, -0.1) is 0 Å². The smallest absolute Gasteiger partial charge is 0.222 e. The lowest BCUT2D eigenvalue weighted by Gasteiger charge is -2.22. The van der Waals surface area contributed by atoms with Crippen molar-refractivity contribution >= 4 is 11.7 Å². The van der Waals surface area contributed by atoms with Crippen LogP contribution in [0.3, 0.4) is 0 Å². The highest BCUT2D eigenvalue weighted by Gasteiger charge is 2.33. The van der Waals surface area contributed by atoms with Crippen molar-refractivity contribution in [3.05, 3.63) is 0 Å². The molecule has 1 rings (SSSR count). The van der Waals surface area contributed by atoms with Gasteiger partial charge in [-0.25, -0.2) is 0 Å². The Hall–Kier alpha value is -0.980. The molecule has 3 atom stereocenters. The normalized spacial score (nSPS) is 24.5. The fraction of sp³-hybridized carbons (Fsp3) is 0.846. The molecule has 4 N–H and O–H groups in total. The quantitative estimate of drug-likeness (QED) is 0.538. The number of unbranched alkanes of at least 4 members (excludes halogenated alkanes) is 1. The second-order valence-corrected chi connectivity index (χ2v) is 5.23. The standard InChI is InChI=1S/C13H24N2O4/c1-9(17)12(14)4-2-3-5-13(19)15-7-11(18)6-10(15)8-16/h10-12,16,18H,2-8,14H2,1H3/t10-,11?,12?/m0/s1. The third-order valence-electron chi connectivity index (χ3n) is 3.60. The number of amides is 1. The van der Waals surface area contributed by atoms with Crippen LogP contribution in [-0.2, 0) is 9.59 Å². The van der Waals surface area contributed by atoms with Crippen molar-refractivity contribution in [2.45, 2.75) is 57.2 Å². The molecule has 0 radical (unpaired) electrons. The van der Waals surface area contributed by atoms with Gasteiger partial charge in [0.2, 0.25) is 5.91 Å². The Balaban J connectivity index is 2.26. The van der Waals surface area contributed by atoms with E-state index in [1.54, 1.807) is 4.90 Å². The zero-order valence-corrected chi connectivity index (χ0v) is 11.4. The Kier molecular flexibility index (Phi) is 6.41. The number of likely N-dealkylation sites (tertiary alicyclic amines) is 1. The topological polar surface area (TPSA) is 104 Å². The zero-order chi connectivity index (χ0) is 14.4. The Bertz CT molecular complexity index is 322. The van der Waals surface area contributed by atoms with E-state index in [9.17, 15) is 14.7 Å². The maximum absolute atomic E-state index is 11.9. The zero-order valence-electron chi connectivity index (χ0n) is 11.4. The summed E-state index contributed by atoms with van der Waals surface area (Å²) in [6.45, 7) is 1.66. The molecule has 6 nitrogen and oxygen atoms in total. The summed E-state index contributed by atoms with van der Waals surface area (Å²) in [6.07, 6.45) is 2.27. The van der Waals surface area contributed by atoms with Crippen LogP contribution in [0.1, 0.15) is 39.0 Å². The molecule has 1 aliphatic rings. The van der Waals surface area contributed by atoms with Gasteiger partial charge in [-0.3, -0.25) is 9.59 Å². The van der Waals surface area contributed by atoms with Gasteiger partial charge in [0, 0.05) is 13.0 Å². The first kappa shape index (κ1) is 16.1. The van der Waals surface area contributed by atoms with E-state index in [4.69, 9.17) is 10.8 Å². The molecule has 110 valence electrons. The van der Waals surface area contributed by atoms with Gasteiger partial charge in [0.25, 0.3) is 0 Å². The number of hydrogen-bond acceptors (Lipinski definition) is 5. The van der Waals surface area contributed by atoms with E-state index >= 15 is 0 Å². The van der Waals surface area contributed by atoms with Crippen LogP contribution in [0.4, 0.5) is 0 Å². The number of carbonyl (C=O) groups is 2. The molecule has 1 heterocycles. The molecule has 0 aliphatic carbocycles. The fourth-order valence-corrected chi connectivity index (χ4v) is 2.36. The lowest BCUT2D eigenvalue weighted by atomic mass is 10.1. The first-order valence-corrected chi connectivity index (χ1v) is 6.80. The average molecular weight is 272 g/mol. The predicted molar refractivity (Wildman–Crippen MR) is 70.3 cm³/mol. The summed E-state index contributed by atoms with van der Waals surface area (Å²) in [4.78, 5) is 24.4. The molecule has 19 heavy (non-hydrogen) atoms. The molecule has 0 saturated carbocycles. The van der Waals surface area contributed by atoms with E-state index in [1.165, 1.54) is 6.92 Å². The van der Waals surface area contributed by atoms with Gasteiger partial charge in [0.15, 0.2) is 0 Å². The summed E-state index contributed by atoms with van der Waals surface area (Å²) < 4.78 is 0. The van der Waals surface area contributed by atoms with Crippen molar-refractivity contribution in [1.82, 2.24) is 4.90 Å². The first-order chi connectivity index (χ1) is 8.95. The summed E-state index contributed by atoms with van der Waals surface area (Å²) in [6, 6.07) is -0.698. The third-order valence-corrected chi connectivity index (χ3v) is 3.60. The monoisotopic (exact) mass is 272 g/mol. The SMILES string of the molecule is CC(=O)C(N)CCCCC(=O)N1CC(O)C[C@H]1CO. The number of nitrogens with zero attached hydrogens (tertiary/aromatic N) is 1. The van der Waals surface area contributed by atoms with Gasteiger partial charge in [0.05, 0.1) is 24.8 Å². The molecule has 1 saturated heterocycles. The lowest BCUT2D eigenvalue weighted by Crippen LogP contribution is -2.37.